The molecular formula is C16H34Cl2N2O2Ti6. The first-order valence-electron chi connectivity index (χ1n) is 10.4. The van der Waals surface area contributed by atoms with Gasteiger partial charge in [0, 0.05) is 0 Å². The Balaban J connectivity index is 3.36. The van der Waals surface area contributed by atoms with E-state index < -0.39 is 54.4 Å². The van der Waals surface area contributed by atoms with Gasteiger partial charge in [0.2, 0.25) is 0 Å². The molecule has 1 saturated heterocycles. The number of amides is 2. The second-order valence-corrected chi connectivity index (χ2v) is 105. The van der Waals surface area contributed by atoms with Gasteiger partial charge in [-0.05, 0) is 0 Å². The molecule has 0 aromatic carbocycles. The summed E-state index contributed by atoms with van der Waals surface area (Å²) in [4.78, 5) is 25.1. The van der Waals surface area contributed by atoms with Crippen LogP contribution in [0.5, 0.6) is 0 Å². The molecule has 2 amide bonds. The number of halogens is 2. The Labute approximate surface area is 199 Å². The van der Waals surface area contributed by atoms with Crippen molar-refractivity contribution in [1.29, 1.82) is 0 Å². The first-order chi connectivity index (χ1) is 12.9. The number of hydrogen-bond acceptors (Lipinski definition) is 2. The van der Waals surface area contributed by atoms with Crippen molar-refractivity contribution >= 4 is 30.4 Å². The molecule has 1 heterocycles. The van der Waals surface area contributed by atoms with Crippen LogP contribution in [-0.4, -0.2) is 11.8 Å². The number of rotatable bonds is 10. The fraction of sp³-hybridized carbons (Fsp3) is 0.875. The van der Waals surface area contributed by atoms with Crippen LogP contribution < -0.4 is 7.60 Å². The number of carbonyl (C=O) groups excluding carboxylic acids is 2. The molecule has 0 spiro atoms. The number of hydrogen-bond donors (Lipinski definition) is 2. The van der Waals surface area contributed by atoms with Gasteiger partial charge in [-0.3, -0.25) is 0 Å². The summed E-state index contributed by atoms with van der Waals surface area (Å²) in [6, 6.07) is 0. The topological polar surface area (TPSA) is 58.2 Å². The molecule has 0 saturated carbocycles. The van der Waals surface area contributed by atoms with Crippen molar-refractivity contribution in [3.05, 3.63) is 0 Å². The van der Waals surface area contributed by atoms with Gasteiger partial charge in [0.05, 0.1) is 0 Å². The summed E-state index contributed by atoms with van der Waals surface area (Å²) < 4.78 is 8.47. The van der Waals surface area contributed by atoms with E-state index in [1.807, 2.05) is 6.92 Å². The Bertz CT molecular complexity index is 559. The minimum absolute atomic E-state index is 0.0786. The van der Waals surface area contributed by atoms with Crippen molar-refractivity contribution in [2.75, 3.05) is 0 Å². The first kappa shape index (κ1) is 29.8. The van der Waals surface area contributed by atoms with Crippen LogP contribution in [0.1, 0.15) is 80.1 Å². The van der Waals surface area contributed by atoms with Crippen LogP contribution >= 0.6 is 18.6 Å². The molecule has 1 aliphatic rings. The zero-order chi connectivity index (χ0) is 21.6. The van der Waals surface area contributed by atoms with Crippen molar-refractivity contribution in [1.82, 2.24) is 7.60 Å². The average Bonchev–Trinajstić information content (AvgIpc) is 2.58. The van der Waals surface area contributed by atoms with Crippen molar-refractivity contribution < 1.29 is 76.7 Å². The minimum atomic E-state index is -3.93. The molecule has 0 aromatic rings. The van der Waals surface area contributed by atoms with Crippen LogP contribution in [0.25, 0.3) is 0 Å². The van der Waals surface area contributed by atoms with E-state index >= 15 is 0 Å². The molecule has 1 rings (SSSR count). The molecular weight excluding hydrogens is 610 g/mol. The van der Waals surface area contributed by atoms with Crippen LogP contribution in [0, 0.1) is 0 Å². The van der Waals surface area contributed by atoms with Gasteiger partial charge in [-0.25, -0.2) is 0 Å². The second-order valence-electron chi connectivity index (χ2n) is 7.85. The average molecular weight is 645 g/mol. The quantitative estimate of drug-likeness (QED) is 0.304. The predicted octanol–water partition coefficient (Wildman–Crippen LogP) is 5.61. The Morgan fingerprint density at radius 1 is 1.00 bits per heavy atom. The Morgan fingerprint density at radius 2 is 1.50 bits per heavy atom. The van der Waals surface area contributed by atoms with Crippen molar-refractivity contribution in [2.24, 2.45) is 0 Å². The van der Waals surface area contributed by atoms with E-state index in [9.17, 15) is 9.59 Å². The summed E-state index contributed by atoms with van der Waals surface area (Å²) in [5, 5.41) is 0. The van der Waals surface area contributed by atoms with Gasteiger partial charge in [-0.1, -0.05) is 0 Å². The Hall–Kier alpha value is 3.81. The second kappa shape index (κ2) is 13.0. The Kier molecular flexibility index (Phi) is 13.9. The van der Waals surface area contributed by atoms with E-state index in [1.165, 1.54) is 12.8 Å². The van der Waals surface area contributed by atoms with Gasteiger partial charge in [-0.2, -0.15) is 0 Å². The summed E-state index contributed by atoms with van der Waals surface area (Å²) in [5.41, 5.74) is 0. The Morgan fingerprint density at radius 3 is 1.96 bits per heavy atom. The molecule has 0 aromatic heterocycles. The third-order valence-corrected chi connectivity index (χ3v) is 215. The van der Waals surface area contributed by atoms with E-state index in [0.29, 0.717) is 12.8 Å². The van der Waals surface area contributed by atoms with Crippen LogP contribution in [0.4, 0.5) is 0 Å². The summed E-state index contributed by atoms with van der Waals surface area (Å²) in [7, 11) is 8.81. The molecule has 0 bridgehead atoms. The van der Waals surface area contributed by atoms with Gasteiger partial charge in [0.25, 0.3) is 0 Å². The van der Waals surface area contributed by atoms with Gasteiger partial charge in [0.1, 0.15) is 0 Å². The summed E-state index contributed by atoms with van der Waals surface area (Å²) in [5.74, 6) is 0.319. The number of nitrogens with one attached hydrogen (secondary N) is 2. The molecule has 158 valence electrons. The molecule has 2 atom stereocenters. The van der Waals surface area contributed by atoms with Gasteiger partial charge < -0.3 is 0 Å². The molecule has 1 aliphatic heterocycles. The van der Waals surface area contributed by atoms with Crippen LogP contribution in [0.3, 0.4) is 0 Å². The van der Waals surface area contributed by atoms with E-state index in [1.54, 1.807) is 0 Å². The van der Waals surface area contributed by atoms with E-state index in [4.69, 9.17) is 18.6 Å². The first-order valence-corrected chi connectivity index (χ1v) is 42.0. The normalized spacial score (nSPS) is 26.3. The van der Waals surface area contributed by atoms with Crippen molar-refractivity contribution in [2.45, 2.75) is 88.5 Å². The molecule has 2 N–H and O–H groups in total. The summed E-state index contributed by atoms with van der Waals surface area (Å²) >= 11 is -2.85. The zero-order valence-electron chi connectivity index (χ0n) is 18.0. The van der Waals surface area contributed by atoms with Crippen LogP contribution in [-0.2, 0) is 76.7 Å². The van der Waals surface area contributed by atoms with Gasteiger partial charge in [-0.15, -0.1) is 0 Å². The van der Waals surface area contributed by atoms with Crippen molar-refractivity contribution in [3.8, 4) is 0 Å². The monoisotopic (exact) mass is 644 g/mol. The fourth-order valence-corrected chi connectivity index (χ4v) is 489. The zero-order valence-corrected chi connectivity index (χ0v) is 28.9. The predicted molar refractivity (Wildman–Crippen MR) is 97.2 cm³/mol. The van der Waals surface area contributed by atoms with E-state index in [-0.39, 0.29) is 24.6 Å². The molecule has 4 nitrogen and oxygen atoms in total. The SMILES string of the molecule is CCCC(=O)[NH][Ti]1[Ti][Ti]([CH](C)CC)([CH](C)CC)[Ti][Ti]([Cl])([Cl])([NH]C(=O)CCC)[Ti]1. The molecule has 12 heteroatoms. The standard InChI is InChI=1S/2C4H9NO.2C4H9.2ClH.6Ti/c2*1-2-3-4(5)6;2*1-3-4-2;;;;;;;;/h2*2-3H2,1H3,(H2,5,6);2*3H,4H2,1-2H3;2*1H;;;;;;/q;;;;;;;;;;+1;+3/p-4. The van der Waals surface area contributed by atoms with E-state index in [0.717, 1.165) is 21.3 Å². The van der Waals surface area contributed by atoms with Crippen molar-refractivity contribution in [3.63, 3.8) is 0 Å². The molecule has 0 aliphatic carbocycles. The van der Waals surface area contributed by atoms with Gasteiger partial charge in [0.15, 0.2) is 0 Å². The molecule has 28 heavy (non-hydrogen) atoms. The van der Waals surface area contributed by atoms with Crippen LogP contribution in [0.15, 0.2) is 0 Å². The van der Waals surface area contributed by atoms with Gasteiger partial charge >= 0.3 is 203 Å². The third-order valence-electron chi connectivity index (χ3n) is 5.46. The van der Waals surface area contributed by atoms with Crippen LogP contribution in [0.2, 0.25) is 8.45 Å². The van der Waals surface area contributed by atoms with E-state index in [2.05, 4.69) is 42.2 Å². The molecule has 0 radical (unpaired) electrons. The molecule has 2 unspecified atom stereocenters. The summed E-state index contributed by atoms with van der Waals surface area (Å²) in [6.45, 7) is 13.6. The summed E-state index contributed by atoms with van der Waals surface area (Å²) in [6.07, 6.45) is 5.29. The number of carbonyl (C=O) groups is 2. The fourth-order valence-electron chi connectivity index (χ4n) is 3.59. The third kappa shape index (κ3) is 8.54. The molecule has 1 fully saturated rings. The maximum absolute atomic E-state index is 12.6. The maximum atomic E-state index is 12.6.